The van der Waals surface area contributed by atoms with Gasteiger partial charge < -0.3 is 10.6 Å². The van der Waals surface area contributed by atoms with Gasteiger partial charge in [-0.1, -0.05) is 31.2 Å². The van der Waals surface area contributed by atoms with Gasteiger partial charge in [-0.3, -0.25) is 4.79 Å². The molecule has 4 atom stereocenters. The molecule has 0 radical (unpaired) electrons. The van der Waals surface area contributed by atoms with E-state index in [9.17, 15) is 4.79 Å². The van der Waals surface area contributed by atoms with Gasteiger partial charge in [-0.25, -0.2) is 0 Å². The molecule has 1 saturated carbocycles. The largest absolute Gasteiger partial charge is 0.338 e. The number of nitrogens with zero attached hydrogens (tertiary/aromatic N) is 1. The van der Waals surface area contributed by atoms with E-state index in [0.29, 0.717) is 18.4 Å². The number of rotatable bonds is 2. The molecule has 1 saturated heterocycles. The van der Waals surface area contributed by atoms with Crippen molar-refractivity contribution in [3.05, 3.63) is 35.4 Å². The van der Waals surface area contributed by atoms with E-state index in [1.807, 2.05) is 0 Å². The van der Waals surface area contributed by atoms with Crippen LogP contribution in [0.1, 0.15) is 43.7 Å². The highest BCUT2D eigenvalue weighted by Gasteiger charge is 2.62. The Hall–Kier alpha value is -1.06. The second-order valence-corrected chi connectivity index (χ2v) is 7.62. The summed E-state index contributed by atoms with van der Waals surface area (Å²) in [6, 6.07) is 8.97. The van der Waals surface area contributed by atoms with Crippen LogP contribution in [0.5, 0.6) is 0 Å². The molecular formula is C19H27ClN2O. The molecule has 0 aromatic heterocycles. The topological polar surface area (TPSA) is 46.3 Å². The minimum absolute atomic E-state index is 0. The molecule has 4 rings (SSSR count). The van der Waals surface area contributed by atoms with E-state index >= 15 is 0 Å². The van der Waals surface area contributed by atoms with Crippen LogP contribution in [0.15, 0.2) is 24.3 Å². The lowest BCUT2D eigenvalue weighted by Gasteiger charge is -2.38. The predicted molar refractivity (Wildman–Crippen MR) is 94.7 cm³/mol. The van der Waals surface area contributed by atoms with Crippen LogP contribution in [-0.4, -0.2) is 29.9 Å². The lowest BCUT2D eigenvalue weighted by molar-refractivity contribution is -0.137. The van der Waals surface area contributed by atoms with Gasteiger partial charge in [0.2, 0.25) is 5.91 Å². The van der Waals surface area contributed by atoms with Gasteiger partial charge in [0.25, 0.3) is 0 Å². The Bertz CT molecular complexity index is 605. The van der Waals surface area contributed by atoms with Gasteiger partial charge in [-0.15, -0.1) is 12.4 Å². The third kappa shape index (κ3) is 2.58. The quantitative estimate of drug-likeness (QED) is 0.904. The number of carbonyl (C=O) groups excluding carboxylic acids is 1. The fourth-order valence-corrected chi connectivity index (χ4v) is 4.88. The molecule has 1 aromatic carbocycles. The second kappa shape index (κ2) is 6.10. The van der Waals surface area contributed by atoms with Crippen molar-refractivity contribution in [2.24, 2.45) is 17.6 Å². The molecule has 126 valence electrons. The minimum Gasteiger partial charge on any atom is -0.338 e. The number of aryl methyl sites for hydroxylation is 1. The molecule has 1 amide bonds. The Kier molecular flexibility index (Phi) is 4.45. The maximum atomic E-state index is 13.1. The third-order valence-corrected chi connectivity index (χ3v) is 6.30. The van der Waals surface area contributed by atoms with Crippen molar-refractivity contribution < 1.29 is 4.79 Å². The van der Waals surface area contributed by atoms with E-state index in [1.54, 1.807) is 0 Å². The van der Waals surface area contributed by atoms with E-state index in [1.165, 1.54) is 11.1 Å². The first-order chi connectivity index (χ1) is 10.7. The zero-order chi connectivity index (χ0) is 15.3. The molecule has 3 nitrogen and oxygen atoms in total. The number of piperidine rings is 1. The highest BCUT2D eigenvalue weighted by Crippen LogP contribution is 2.62. The summed E-state index contributed by atoms with van der Waals surface area (Å²) in [7, 11) is 0. The number of nitrogens with two attached hydrogens (primary N) is 1. The molecule has 23 heavy (non-hydrogen) atoms. The molecule has 2 fully saturated rings. The molecule has 2 aliphatic carbocycles. The Balaban J connectivity index is 0.00000156. The summed E-state index contributed by atoms with van der Waals surface area (Å²) in [5.41, 5.74) is 9.01. The average molecular weight is 335 g/mol. The Morgan fingerprint density at radius 1 is 1.39 bits per heavy atom. The van der Waals surface area contributed by atoms with Crippen LogP contribution in [0.25, 0.3) is 0 Å². The number of benzene rings is 1. The van der Waals surface area contributed by atoms with Crippen LogP contribution in [0.4, 0.5) is 0 Å². The van der Waals surface area contributed by atoms with Crippen molar-refractivity contribution in [2.75, 3.05) is 13.1 Å². The SMILES string of the molecule is CC1CCN(C(=O)C2CC23CCc2ccccc23)C(CN)C1.Cl. The van der Waals surface area contributed by atoms with Crippen molar-refractivity contribution in [3.63, 3.8) is 0 Å². The molecule has 3 aliphatic rings. The monoisotopic (exact) mass is 334 g/mol. The van der Waals surface area contributed by atoms with Crippen LogP contribution in [0.3, 0.4) is 0 Å². The smallest absolute Gasteiger partial charge is 0.226 e. The van der Waals surface area contributed by atoms with Crippen molar-refractivity contribution in [1.29, 1.82) is 0 Å². The maximum Gasteiger partial charge on any atom is 0.226 e. The van der Waals surface area contributed by atoms with Crippen molar-refractivity contribution >= 4 is 18.3 Å². The lowest BCUT2D eigenvalue weighted by Crippen LogP contribution is -2.50. The normalized spacial score (nSPS) is 34.9. The zero-order valence-corrected chi connectivity index (χ0v) is 14.6. The summed E-state index contributed by atoms with van der Waals surface area (Å²) >= 11 is 0. The van der Waals surface area contributed by atoms with Crippen LogP contribution < -0.4 is 5.73 Å². The first-order valence-electron chi connectivity index (χ1n) is 8.74. The van der Waals surface area contributed by atoms with Crippen LogP contribution in [0, 0.1) is 11.8 Å². The van der Waals surface area contributed by atoms with E-state index < -0.39 is 0 Å². The summed E-state index contributed by atoms with van der Waals surface area (Å²) in [5.74, 6) is 1.27. The zero-order valence-electron chi connectivity index (χ0n) is 13.8. The van der Waals surface area contributed by atoms with Crippen LogP contribution in [-0.2, 0) is 16.6 Å². The van der Waals surface area contributed by atoms with E-state index in [-0.39, 0.29) is 29.8 Å². The number of carbonyl (C=O) groups is 1. The van der Waals surface area contributed by atoms with Crippen LogP contribution in [0.2, 0.25) is 0 Å². The number of halogens is 1. The summed E-state index contributed by atoms with van der Waals surface area (Å²) < 4.78 is 0. The van der Waals surface area contributed by atoms with Crippen molar-refractivity contribution in [3.8, 4) is 0 Å². The van der Waals surface area contributed by atoms with E-state index in [4.69, 9.17) is 5.73 Å². The molecule has 2 N–H and O–H groups in total. The van der Waals surface area contributed by atoms with Gasteiger partial charge in [0.15, 0.2) is 0 Å². The summed E-state index contributed by atoms with van der Waals surface area (Å²) in [6.45, 7) is 3.78. The first-order valence-corrected chi connectivity index (χ1v) is 8.74. The molecule has 1 aromatic rings. The summed E-state index contributed by atoms with van der Waals surface area (Å²) in [4.78, 5) is 15.2. The molecular weight excluding hydrogens is 308 g/mol. The van der Waals surface area contributed by atoms with E-state index in [2.05, 4.69) is 36.1 Å². The maximum absolute atomic E-state index is 13.1. The van der Waals surface area contributed by atoms with Gasteiger partial charge in [0.05, 0.1) is 0 Å². The molecule has 4 heteroatoms. The lowest BCUT2D eigenvalue weighted by atomic mass is 9.90. The van der Waals surface area contributed by atoms with Crippen molar-refractivity contribution in [2.45, 2.75) is 50.5 Å². The van der Waals surface area contributed by atoms with Gasteiger partial charge in [-0.05, 0) is 49.1 Å². The number of hydrogen-bond donors (Lipinski definition) is 1. The van der Waals surface area contributed by atoms with E-state index in [0.717, 1.165) is 38.6 Å². The first kappa shape index (κ1) is 16.8. The molecule has 4 unspecified atom stereocenters. The Morgan fingerprint density at radius 3 is 2.96 bits per heavy atom. The van der Waals surface area contributed by atoms with Crippen molar-refractivity contribution in [1.82, 2.24) is 4.90 Å². The molecule has 1 aliphatic heterocycles. The highest BCUT2D eigenvalue weighted by molar-refractivity contribution is 5.86. The standard InChI is InChI=1S/C19H26N2O.ClH/c1-13-7-9-21(15(10-13)12-20)18(22)17-11-19(17)8-6-14-4-2-3-5-16(14)19;/h2-5,13,15,17H,6-12,20H2,1H3;1H. The summed E-state index contributed by atoms with van der Waals surface area (Å²) in [5, 5.41) is 0. The van der Waals surface area contributed by atoms with Gasteiger partial charge >= 0.3 is 0 Å². The molecule has 1 heterocycles. The van der Waals surface area contributed by atoms with Gasteiger partial charge in [-0.2, -0.15) is 0 Å². The number of likely N-dealkylation sites (tertiary alicyclic amines) is 1. The summed E-state index contributed by atoms with van der Waals surface area (Å²) in [6.07, 6.45) is 5.53. The average Bonchev–Trinajstić information content (AvgIpc) is 3.16. The predicted octanol–water partition coefficient (Wildman–Crippen LogP) is 2.90. The van der Waals surface area contributed by atoms with Crippen LogP contribution >= 0.6 is 12.4 Å². The number of fused-ring (bicyclic) bond motifs is 2. The Morgan fingerprint density at radius 2 is 2.17 bits per heavy atom. The third-order valence-electron chi connectivity index (χ3n) is 6.30. The fraction of sp³-hybridized carbons (Fsp3) is 0.632. The van der Waals surface area contributed by atoms with Gasteiger partial charge in [0, 0.05) is 30.5 Å². The fourth-order valence-electron chi connectivity index (χ4n) is 4.88. The molecule has 0 bridgehead atoms. The number of amides is 1. The second-order valence-electron chi connectivity index (χ2n) is 7.62. The number of hydrogen-bond acceptors (Lipinski definition) is 2. The minimum atomic E-state index is 0. The highest BCUT2D eigenvalue weighted by atomic mass is 35.5. The Labute approximate surface area is 145 Å². The molecule has 1 spiro atoms. The van der Waals surface area contributed by atoms with Gasteiger partial charge in [0.1, 0.15) is 0 Å².